The van der Waals surface area contributed by atoms with Gasteiger partial charge in [-0.15, -0.1) is 0 Å². The predicted molar refractivity (Wildman–Crippen MR) is 55.8 cm³/mol. The minimum absolute atomic E-state index is 0.465. The average Bonchev–Trinajstić information content (AvgIpc) is 2.49. The van der Waals surface area contributed by atoms with Crippen molar-refractivity contribution >= 4 is 22.5 Å². The molecule has 4 heteroatoms. The lowest BCUT2D eigenvalue weighted by Gasteiger charge is -2.13. The fourth-order valence-electron chi connectivity index (χ4n) is 1.40. The summed E-state index contributed by atoms with van der Waals surface area (Å²) in [7, 11) is 0. The first-order valence-corrected chi connectivity index (χ1v) is 6.70. The van der Waals surface area contributed by atoms with Crippen LogP contribution in [0.15, 0.2) is 4.21 Å². The van der Waals surface area contributed by atoms with E-state index in [0.717, 1.165) is 33.5 Å². The van der Waals surface area contributed by atoms with Crippen LogP contribution < -0.4 is 0 Å². The number of hydrogen-bond acceptors (Lipinski definition) is 3. The van der Waals surface area contributed by atoms with Gasteiger partial charge in [0.15, 0.2) is 0 Å². The Kier molecular flexibility index (Phi) is 2.62. The van der Waals surface area contributed by atoms with Gasteiger partial charge in [-0.05, 0) is 17.6 Å². The maximum Gasteiger partial charge on any atom is 0.229 e. The predicted octanol–water partition coefficient (Wildman–Crippen LogP) is 2.32. The summed E-state index contributed by atoms with van der Waals surface area (Å²) in [5.74, 6) is 1.29. The molecule has 13 heavy (non-hydrogen) atoms. The number of thiazole rings is 1. The fourth-order valence-corrected chi connectivity index (χ4v) is 4.13. The Labute approximate surface area is 85.6 Å². The Morgan fingerprint density at radius 1 is 1.54 bits per heavy atom. The van der Waals surface area contributed by atoms with E-state index in [-0.39, 0.29) is 0 Å². The van der Waals surface area contributed by atoms with E-state index < -0.39 is 11.2 Å². The highest BCUT2D eigenvalue weighted by Crippen LogP contribution is 2.33. The van der Waals surface area contributed by atoms with Gasteiger partial charge in [0, 0.05) is 12.3 Å². The third kappa shape index (κ3) is 1.75. The molecule has 0 radical (unpaired) electrons. The molecule has 2 heterocycles. The lowest BCUT2D eigenvalue weighted by atomic mass is 10.2. The topological polar surface area (TPSA) is 36.0 Å². The monoisotopic (exact) mass is 215 g/mol. The Hall–Kier alpha value is -0.0600. The second-order valence-electron chi connectivity index (χ2n) is 3.59. The van der Waals surface area contributed by atoms with E-state index in [1.54, 1.807) is 11.3 Å². The normalized spacial score (nSPS) is 22.0. The number of nitrogens with zero attached hydrogens (tertiary/aromatic N) is 1. The molecule has 1 aliphatic rings. The van der Waals surface area contributed by atoms with Crippen molar-refractivity contribution < 1.29 is 4.55 Å². The maximum atomic E-state index is 11.6. The molecule has 2 nitrogen and oxygen atoms in total. The van der Waals surface area contributed by atoms with E-state index in [1.807, 2.05) is 0 Å². The zero-order chi connectivity index (χ0) is 9.42. The van der Waals surface area contributed by atoms with E-state index in [9.17, 15) is 4.55 Å². The van der Waals surface area contributed by atoms with Crippen molar-refractivity contribution in [2.75, 3.05) is 5.75 Å². The molecular formula is C9H13NOS2. The standard InChI is InChI=1S/C9H13NOS2/c1-6(2)8-10-7-4-3-5-13(11)9(7)12-8/h6H,3-5H2,1-2H3. The highest BCUT2D eigenvalue weighted by molar-refractivity contribution is 7.93. The van der Waals surface area contributed by atoms with Crippen molar-refractivity contribution in [2.24, 2.45) is 0 Å². The van der Waals surface area contributed by atoms with Crippen molar-refractivity contribution in [3.8, 4) is 0 Å². The van der Waals surface area contributed by atoms with Crippen LogP contribution in [0.1, 0.15) is 36.9 Å². The molecule has 0 N–H and O–H groups in total. The number of fused-ring (bicyclic) bond motifs is 1. The number of rotatable bonds is 1. The van der Waals surface area contributed by atoms with Crippen LogP contribution in [0.3, 0.4) is 0 Å². The first kappa shape index (κ1) is 9.49. The van der Waals surface area contributed by atoms with Crippen LogP contribution in [0.2, 0.25) is 0 Å². The highest BCUT2D eigenvalue weighted by Gasteiger charge is 2.27. The van der Waals surface area contributed by atoms with Gasteiger partial charge in [0.25, 0.3) is 0 Å². The first-order chi connectivity index (χ1) is 6.18. The van der Waals surface area contributed by atoms with Crippen molar-refractivity contribution in [3.63, 3.8) is 0 Å². The van der Waals surface area contributed by atoms with Gasteiger partial charge < -0.3 is 4.55 Å². The molecule has 0 aromatic carbocycles. The van der Waals surface area contributed by atoms with Crippen molar-refractivity contribution in [1.29, 1.82) is 0 Å². The van der Waals surface area contributed by atoms with Gasteiger partial charge in [0.2, 0.25) is 4.21 Å². The Bertz CT molecular complexity index is 309. The van der Waals surface area contributed by atoms with Gasteiger partial charge in [-0.1, -0.05) is 25.2 Å². The SMILES string of the molecule is CC(C)c1nc2c(s1)[S+]([O-])CCC2. The quantitative estimate of drug-likeness (QED) is 0.674. The molecule has 0 saturated heterocycles. The third-order valence-electron chi connectivity index (χ3n) is 2.12. The van der Waals surface area contributed by atoms with Gasteiger partial charge in [-0.2, -0.15) is 0 Å². The van der Waals surface area contributed by atoms with Crippen LogP contribution in [-0.2, 0) is 17.6 Å². The third-order valence-corrected chi connectivity index (χ3v) is 5.43. The van der Waals surface area contributed by atoms with Crippen LogP contribution >= 0.6 is 11.3 Å². The molecule has 0 amide bonds. The molecule has 1 unspecified atom stereocenters. The molecule has 1 aromatic heterocycles. The Morgan fingerprint density at radius 2 is 2.31 bits per heavy atom. The molecule has 0 aliphatic carbocycles. The zero-order valence-electron chi connectivity index (χ0n) is 7.87. The van der Waals surface area contributed by atoms with Gasteiger partial charge in [0.1, 0.15) is 16.5 Å². The van der Waals surface area contributed by atoms with E-state index in [4.69, 9.17) is 0 Å². The molecule has 1 atom stereocenters. The molecule has 2 rings (SSSR count). The van der Waals surface area contributed by atoms with Crippen molar-refractivity contribution in [3.05, 3.63) is 10.7 Å². The van der Waals surface area contributed by atoms with Crippen molar-refractivity contribution in [1.82, 2.24) is 4.98 Å². The maximum absolute atomic E-state index is 11.6. The number of aryl methyl sites for hydroxylation is 1. The first-order valence-electron chi connectivity index (χ1n) is 4.56. The molecule has 0 fully saturated rings. The van der Waals surface area contributed by atoms with E-state index in [2.05, 4.69) is 18.8 Å². The summed E-state index contributed by atoms with van der Waals surface area (Å²) in [4.78, 5) is 4.53. The highest BCUT2D eigenvalue weighted by atomic mass is 32.2. The smallest absolute Gasteiger partial charge is 0.229 e. The summed E-state index contributed by atoms with van der Waals surface area (Å²) in [5, 5.41) is 1.14. The van der Waals surface area contributed by atoms with Crippen LogP contribution in [-0.4, -0.2) is 15.3 Å². The van der Waals surface area contributed by atoms with Gasteiger partial charge in [-0.3, -0.25) is 0 Å². The molecule has 0 bridgehead atoms. The minimum Gasteiger partial charge on any atom is -0.611 e. The van der Waals surface area contributed by atoms with Gasteiger partial charge in [-0.25, -0.2) is 4.98 Å². The van der Waals surface area contributed by atoms with E-state index in [0.29, 0.717) is 5.92 Å². The summed E-state index contributed by atoms with van der Waals surface area (Å²) in [5.41, 5.74) is 1.10. The second kappa shape index (κ2) is 3.59. The van der Waals surface area contributed by atoms with Crippen LogP contribution in [0.25, 0.3) is 0 Å². The van der Waals surface area contributed by atoms with Gasteiger partial charge in [0.05, 0.1) is 0 Å². The molecule has 72 valence electrons. The molecule has 0 saturated carbocycles. The summed E-state index contributed by atoms with van der Waals surface area (Å²) in [6.45, 7) is 4.26. The number of aromatic nitrogens is 1. The molecular weight excluding hydrogens is 202 g/mol. The van der Waals surface area contributed by atoms with E-state index >= 15 is 0 Å². The second-order valence-corrected chi connectivity index (χ2v) is 6.39. The summed E-state index contributed by atoms with van der Waals surface area (Å²) in [6.07, 6.45) is 2.05. The minimum atomic E-state index is -0.755. The van der Waals surface area contributed by atoms with E-state index in [1.165, 1.54) is 0 Å². The van der Waals surface area contributed by atoms with Crippen LogP contribution in [0.4, 0.5) is 0 Å². The van der Waals surface area contributed by atoms with Crippen LogP contribution in [0, 0.1) is 0 Å². The molecule has 0 spiro atoms. The Morgan fingerprint density at radius 3 is 2.92 bits per heavy atom. The zero-order valence-corrected chi connectivity index (χ0v) is 9.50. The fraction of sp³-hybridized carbons (Fsp3) is 0.667. The molecule has 1 aromatic rings. The lowest BCUT2D eigenvalue weighted by molar-refractivity contribution is 0.587. The van der Waals surface area contributed by atoms with Crippen molar-refractivity contribution in [2.45, 2.75) is 36.8 Å². The summed E-state index contributed by atoms with van der Waals surface area (Å²) in [6, 6.07) is 0. The van der Waals surface area contributed by atoms with Gasteiger partial charge >= 0.3 is 0 Å². The largest absolute Gasteiger partial charge is 0.611 e. The van der Waals surface area contributed by atoms with Crippen LogP contribution in [0.5, 0.6) is 0 Å². The average molecular weight is 215 g/mol. The number of hydrogen-bond donors (Lipinski definition) is 0. The summed E-state index contributed by atoms with van der Waals surface area (Å²) < 4.78 is 12.6. The molecule has 1 aliphatic heterocycles. The summed E-state index contributed by atoms with van der Waals surface area (Å²) >= 11 is 0.885. The Balaban J connectivity index is 2.36. The lowest BCUT2D eigenvalue weighted by Crippen LogP contribution is -2.14.